The van der Waals surface area contributed by atoms with Gasteiger partial charge in [-0.3, -0.25) is 14.2 Å². The summed E-state index contributed by atoms with van der Waals surface area (Å²) in [7, 11) is 0. The highest BCUT2D eigenvalue weighted by atomic mass is 16.3. The number of imidazole rings is 1. The molecule has 1 saturated heterocycles. The molecule has 0 aliphatic carbocycles. The van der Waals surface area contributed by atoms with Crippen molar-refractivity contribution in [2.45, 2.75) is 33.4 Å². The fourth-order valence-corrected chi connectivity index (χ4v) is 3.13. The van der Waals surface area contributed by atoms with Gasteiger partial charge in [0, 0.05) is 56.9 Å². The highest BCUT2D eigenvalue weighted by Crippen LogP contribution is 2.12. The van der Waals surface area contributed by atoms with Crippen LogP contribution >= 0.6 is 0 Å². The molecule has 1 N–H and O–H groups in total. The Morgan fingerprint density at radius 2 is 1.82 bits per heavy atom. The molecular formula is C16H25N5O. The van der Waals surface area contributed by atoms with Crippen LogP contribution in [-0.4, -0.2) is 68.1 Å². The van der Waals surface area contributed by atoms with E-state index in [-0.39, 0.29) is 6.10 Å². The molecule has 0 radical (unpaired) electrons. The standard InChI is InChI=1S/C16H25N5O/c1-12-8-13(2)21-11-15(18-16(21)17-12)10-20-6-4-19(5-7-20)9-14(3)22/h8,11,14,22H,4-7,9-10H2,1-3H3. The number of aryl methyl sites for hydroxylation is 2. The van der Waals surface area contributed by atoms with Crippen molar-refractivity contribution in [2.75, 3.05) is 32.7 Å². The molecule has 6 nitrogen and oxygen atoms in total. The molecule has 3 rings (SSSR count). The lowest BCUT2D eigenvalue weighted by atomic mass is 10.2. The Morgan fingerprint density at radius 3 is 2.50 bits per heavy atom. The fraction of sp³-hybridized carbons (Fsp3) is 0.625. The Bertz CT molecular complexity index is 643. The Hall–Kier alpha value is -1.50. The second-order valence-corrected chi connectivity index (χ2v) is 6.37. The van der Waals surface area contributed by atoms with E-state index in [9.17, 15) is 5.11 Å². The summed E-state index contributed by atoms with van der Waals surface area (Å²) in [6.07, 6.45) is 1.85. The van der Waals surface area contributed by atoms with Crippen LogP contribution in [0, 0.1) is 13.8 Å². The van der Waals surface area contributed by atoms with Crippen LogP contribution in [0.15, 0.2) is 12.3 Å². The average molecular weight is 303 g/mol. The number of rotatable bonds is 4. The normalized spacial score (nSPS) is 18.9. The third kappa shape index (κ3) is 3.45. The molecule has 22 heavy (non-hydrogen) atoms. The molecule has 1 unspecified atom stereocenters. The van der Waals surface area contributed by atoms with Gasteiger partial charge in [0.15, 0.2) is 0 Å². The minimum absolute atomic E-state index is 0.248. The lowest BCUT2D eigenvalue weighted by Crippen LogP contribution is -2.47. The van der Waals surface area contributed by atoms with Gasteiger partial charge in [-0.2, -0.15) is 0 Å². The van der Waals surface area contributed by atoms with Gasteiger partial charge >= 0.3 is 0 Å². The molecule has 2 aromatic rings. The largest absolute Gasteiger partial charge is 0.392 e. The van der Waals surface area contributed by atoms with Crippen molar-refractivity contribution < 1.29 is 5.11 Å². The van der Waals surface area contributed by atoms with Crippen molar-refractivity contribution in [3.8, 4) is 0 Å². The van der Waals surface area contributed by atoms with E-state index in [4.69, 9.17) is 0 Å². The number of hydrogen-bond acceptors (Lipinski definition) is 5. The summed E-state index contributed by atoms with van der Waals surface area (Å²) >= 11 is 0. The van der Waals surface area contributed by atoms with Crippen LogP contribution in [0.5, 0.6) is 0 Å². The summed E-state index contributed by atoms with van der Waals surface area (Å²) in [5, 5.41) is 9.46. The molecule has 0 aromatic carbocycles. The van der Waals surface area contributed by atoms with Crippen LogP contribution < -0.4 is 0 Å². The molecule has 0 bridgehead atoms. The first-order chi connectivity index (χ1) is 10.5. The number of aliphatic hydroxyl groups is 1. The number of aromatic nitrogens is 3. The summed E-state index contributed by atoms with van der Waals surface area (Å²) in [5.74, 6) is 0.792. The SMILES string of the molecule is Cc1cc(C)n2cc(CN3CCN(CC(C)O)CC3)nc2n1. The molecule has 0 amide bonds. The zero-order chi connectivity index (χ0) is 15.7. The monoisotopic (exact) mass is 303 g/mol. The van der Waals surface area contributed by atoms with Crippen LogP contribution in [0.2, 0.25) is 0 Å². The van der Waals surface area contributed by atoms with Crippen molar-refractivity contribution in [1.29, 1.82) is 0 Å². The minimum atomic E-state index is -0.248. The number of fused-ring (bicyclic) bond motifs is 1. The van der Waals surface area contributed by atoms with Crippen LogP contribution in [0.25, 0.3) is 5.78 Å². The van der Waals surface area contributed by atoms with E-state index < -0.39 is 0 Å². The molecule has 1 atom stereocenters. The summed E-state index contributed by atoms with van der Waals surface area (Å²) in [6, 6.07) is 2.08. The zero-order valence-corrected chi connectivity index (χ0v) is 13.7. The zero-order valence-electron chi connectivity index (χ0n) is 13.7. The van der Waals surface area contributed by atoms with Gasteiger partial charge in [0.2, 0.25) is 5.78 Å². The van der Waals surface area contributed by atoms with E-state index >= 15 is 0 Å². The Labute approximate surface area is 131 Å². The van der Waals surface area contributed by atoms with Crippen molar-refractivity contribution in [3.05, 3.63) is 29.3 Å². The Kier molecular flexibility index (Phi) is 4.42. The summed E-state index contributed by atoms with van der Waals surface area (Å²) in [5.41, 5.74) is 3.25. The van der Waals surface area contributed by atoms with Gasteiger partial charge in [0.1, 0.15) is 0 Å². The summed E-state index contributed by atoms with van der Waals surface area (Å²) < 4.78 is 2.06. The average Bonchev–Trinajstić information content (AvgIpc) is 2.83. The highest BCUT2D eigenvalue weighted by molar-refractivity contribution is 5.34. The Balaban J connectivity index is 1.64. The predicted octanol–water partition coefficient (Wildman–Crippen LogP) is 0.845. The number of aliphatic hydroxyl groups excluding tert-OH is 1. The maximum atomic E-state index is 9.46. The first-order valence-electron chi connectivity index (χ1n) is 7.96. The van der Waals surface area contributed by atoms with E-state index in [1.165, 1.54) is 5.69 Å². The quantitative estimate of drug-likeness (QED) is 0.907. The lowest BCUT2D eigenvalue weighted by Gasteiger charge is -2.34. The lowest BCUT2D eigenvalue weighted by molar-refractivity contribution is 0.0777. The molecule has 120 valence electrons. The smallest absolute Gasteiger partial charge is 0.234 e. The van der Waals surface area contributed by atoms with Crippen LogP contribution in [-0.2, 0) is 6.54 Å². The van der Waals surface area contributed by atoms with Crippen molar-refractivity contribution >= 4 is 5.78 Å². The van der Waals surface area contributed by atoms with Crippen molar-refractivity contribution in [2.24, 2.45) is 0 Å². The third-order valence-corrected chi connectivity index (χ3v) is 4.18. The molecule has 2 aromatic heterocycles. The van der Waals surface area contributed by atoms with Crippen LogP contribution in [0.3, 0.4) is 0 Å². The van der Waals surface area contributed by atoms with Gasteiger partial charge in [-0.05, 0) is 26.8 Å². The molecule has 1 aliphatic heterocycles. The number of hydrogen-bond donors (Lipinski definition) is 1. The van der Waals surface area contributed by atoms with E-state index in [1.54, 1.807) is 0 Å². The first-order valence-corrected chi connectivity index (χ1v) is 7.96. The topological polar surface area (TPSA) is 56.9 Å². The maximum absolute atomic E-state index is 9.46. The highest BCUT2D eigenvalue weighted by Gasteiger charge is 2.19. The predicted molar refractivity (Wildman–Crippen MR) is 85.9 cm³/mol. The fourth-order valence-electron chi connectivity index (χ4n) is 3.13. The second-order valence-electron chi connectivity index (χ2n) is 6.37. The van der Waals surface area contributed by atoms with Gasteiger partial charge in [-0.25, -0.2) is 9.97 Å². The Morgan fingerprint density at radius 1 is 1.14 bits per heavy atom. The first kappa shape index (κ1) is 15.4. The second kappa shape index (κ2) is 6.32. The van der Waals surface area contributed by atoms with Gasteiger partial charge in [-0.1, -0.05) is 0 Å². The molecule has 6 heteroatoms. The minimum Gasteiger partial charge on any atom is -0.392 e. The maximum Gasteiger partial charge on any atom is 0.234 e. The number of nitrogens with zero attached hydrogens (tertiary/aromatic N) is 5. The van der Waals surface area contributed by atoms with Gasteiger partial charge in [0.05, 0.1) is 11.8 Å². The van der Waals surface area contributed by atoms with Gasteiger partial charge < -0.3 is 5.11 Å². The molecule has 0 saturated carbocycles. The van der Waals surface area contributed by atoms with E-state index in [0.717, 1.165) is 56.4 Å². The summed E-state index contributed by atoms with van der Waals surface area (Å²) in [4.78, 5) is 13.9. The van der Waals surface area contributed by atoms with E-state index in [2.05, 4.69) is 43.4 Å². The van der Waals surface area contributed by atoms with Crippen LogP contribution in [0.1, 0.15) is 24.0 Å². The summed E-state index contributed by atoms with van der Waals surface area (Å²) in [6.45, 7) is 11.6. The molecule has 0 spiro atoms. The van der Waals surface area contributed by atoms with Crippen LogP contribution in [0.4, 0.5) is 0 Å². The third-order valence-electron chi connectivity index (χ3n) is 4.18. The molecule has 1 fully saturated rings. The van der Waals surface area contributed by atoms with E-state index in [0.29, 0.717) is 0 Å². The molecule has 1 aliphatic rings. The van der Waals surface area contributed by atoms with Gasteiger partial charge in [-0.15, -0.1) is 0 Å². The molecule has 3 heterocycles. The van der Waals surface area contributed by atoms with Crippen molar-refractivity contribution in [3.63, 3.8) is 0 Å². The van der Waals surface area contributed by atoms with Gasteiger partial charge in [0.25, 0.3) is 0 Å². The number of β-amino-alcohol motifs (C(OH)–C–C–N with tert-alkyl or cyclic N) is 1. The van der Waals surface area contributed by atoms with E-state index in [1.807, 2.05) is 13.8 Å². The number of piperazine rings is 1. The molecular weight excluding hydrogens is 278 g/mol. The van der Waals surface area contributed by atoms with Crippen molar-refractivity contribution in [1.82, 2.24) is 24.2 Å².